The van der Waals surface area contributed by atoms with Crippen LogP contribution in [0.3, 0.4) is 0 Å². The van der Waals surface area contributed by atoms with Gasteiger partial charge in [-0.05, 0) is 18.2 Å². The van der Waals surface area contributed by atoms with E-state index in [1.807, 2.05) is 12.1 Å². The number of nitrogen functional groups attached to an aromatic ring is 1. The predicted octanol–water partition coefficient (Wildman–Crippen LogP) is 0.215. The summed E-state index contributed by atoms with van der Waals surface area (Å²) in [5.41, 5.74) is 1.11. The van der Waals surface area contributed by atoms with Gasteiger partial charge in [-0.3, -0.25) is 9.78 Å². The van der Waals surface area contributed by atoms with Crippen molar-refractivity contribution in [1.29, 1.82) is 0 Å². The van der Waals surface area contributed by atoms with Crippen LogP contribution in [0.15, 0.2) is 47.8 Å². The average molecular weight is 279 g/mol. The van der Waals surface area contributed by atoms with Gasteiger partial charge in [0.05, 0.1) is 10.9 Å². The summed E-state index contributed by atoms with van der Waals surface area (Å²) < 4.78 is 2.54. The number of pyridine rings is 2. The van der Waals surface area contributed by atoms with Crippen LogP contribution in [-0.2, 0) is 0 Å². The molecule has 0 spiro atoms. The van der Waals surface area contributed by atoms with E-state index < -0.39 is 0 Å². The van der Waals surface area contributed by atoms with E-state index in [0.717, 1.165) is 10.2 Å². The van der Waals surface area contributed by atoms with E-state index in [0.29, 0.717) is 22.5 Å². The molecule has 0 amide bonds. The topological polar surface area (TPSA) is 104 Å². The first-order valence-electron chi connectivity index (χ1n) is 6.17. The van der Waals surface area contributed by atoms with E-state index in [1.54, 1.807) is 18.5 Å². The summed E-state index contributed by atoms with van der Waals surface area (Å²) >= 11 is 0. The van der Waals surface area contributed by atoms with Gasteiger partial charge in [-0.15, -0.1) is 5.10 Å². The van der Waals surface area contributed by atoms with Gasteiger partial charge in [-0.1, -0.05) is 0 Å². The summed E-state index contributed by atoms with van der Waals surface area (Å²) in [5, 5.41) is 4.80. The maximum Gasteiger partial charge on any atom is 0.279 e. The van der Waals surface area contributed by atoms with Crippen LogP contribution in [0, 0.1) is 0 Å². The number of nitrogens with zero attached hydrogens (tertiary/aromatic N) is 6. The highest BCUT2D eigenvalue weighted by Crippen LogP contribution is 2.16. The van der Waals surface area contributed by atoms with Crippen molar-refractivity contribution in [3.8, 4) is 11.4 Å². The van der Waals surface area contributed by atoms with Crippen LogP contribution in [0.1, 0.15) is 0 Å². The van der Waals surface area contributed by atoms with Crippen LogP contribution in [0.5, 0.6) is 0 Å². The van der Waals surface area contributed by atoms with Crippen LogP contribution in [0.4, 0.5) is 0 Å². The van der Waals surface area contributed by atoms with Crippen molar-refractivity contribution in [2.75, 3.05) is 5.84 Å². The van der Waals surface area contributed by atoms with E-state index in [1.165, 1.54) is 16.9 Å². The standard InChI is InChI=1S/C13H9N7O/c14-19-6-3-10-9(12(19)21)7-16-13-17-11(18-20(10)13)8-1-4-15-5-2-8/h1-7H,14H2. The van der Waals surface area contributed by atoms with E-state index in [4.69, 9.17) is 5.84 Å². The van der Waals surface area contributed by atoms with Gasteiger partial charge >= 0.3 is 0 Å². The minimum absolute atomic E-state index is 0.331. The van der Waals surface area contributed by atoms with Gasteiger partial charge < -0.3 is 5.84 Å². The average Bonchev–Trinajstić information content (AvgIpc) is 2.96. The lowest BCUT2D eigenvalue weighted by Gasteiger charge is -2.01. The first-order valence-corrected chi connectivity index (χ1v) is 6.17. The molecule has 0 saturated heterocycles. The highest BCUT2D eigenvalue weighted by molar-refractivity contribution is 5.79. The SMILES string of the molecule is Nn1ccc2c(cnc3nc(-c4ccncc4)nn32)c1=O. The Morgan fingerprint density at radius 3 is 2.76 bits per heavy atom. The van der Waals surface area contributed by atoms with Crippen molar-refractivity contribution < 1.29 is 0 Å². The Morgan fingerprint density at radius 1 is 1.14 bits per heavy atom. The zero-order valence-corrected chi connectivity index (χ0v) is 10.7. The van der Waals surface area contributed by atoms with E-state index in [-0.39, 0.29) is 5.56 Å². The van der Waals surface area contributed by atoms with Crippen LogP contribution in [-0.4, -0.2) is 29.2 Å². The van der Waals surface area contributed by atoms with Gasteiger partial charge in [0.2, 0.25) is 0 Å². The number of fused-ring (bicyclic) bond motifs is 3. The summed E-state index contributed by atoms with van der Waals surface area (Å²) in [7, 11) is 0. The Hall–Kier alpha value is -3.29. The third-order valence-corrected chi connectivity index (χ3v) is 3.20. The Bertz CT molecular complexity index is 1020. The number of hydrogen-bond acceptors (Lipinski definition) is 6. The normalized spacial score (nSPS) is 11.2. The third kappa shape index (κ3) is 1.66. The molecular formula is C13H9N7O. The molecule has 4 aromatic rings. The summed E-state index contributed by atoms with van der Waals surface area (Å²) in [6.07, 6.45) is 6.28. The van der Waals surface area contributed by atoms with Gasteiger partial charge in [-0.2, -0.15) is 9.50 Å². The molecule has 0 aliphatic carbocycles. The van der Waals surface area contributed by atoms with Crippen molar-refractivity contribution in [3.63, 3.8) is 0 Å². The highest BCUT2D eigenvalue weighted by atomic mass is 16.1. The smallest absolute Gasteiger partial charge is 0.279 e. The van der Waals surface area contributed by atoms with Crippen molar-refractivity contribution in [3.05, 3.63) is 53.3 Å². The fourth-order valence-electron chi connectivity index (χ4n) is 2.16. The Kier molecular flexibility index (Phi) is 2.25. The molecule has 0 aromatic carbocycles. The molecule has 2 N–H and O–H groups in total. The van der Waals surface area contributed by atoms with E-state index >= 15 is 0 Å². The zero-order chi connectivity index (χ0) is 14.4. The van der Waals surface area contributed by atoms with Crippen LogP contribution in [0.2, 0.25) is 0 Å². The first kappa shape index (κ1) is 11.5. The predicted molar refractivity (Wildman–Crippen MR) is 75.9 cm³/mol. The van der Waals surface area contributed by atoms with Crippen molar-refractivity contribution >= 4 is 16.7 Å². The molecule has 4 rings (SSSR count). The zero-order valence-electron chi connectivity index (χ0n) is 10.7. The molecule has 0 aliphatic heterocycles. The molecule has 0 aliphatic rings. The van der Waals surface area contributed by atoms with Gasteiger partial charge in [0.1, 0.15) is 0 Å². The van der Waals surface area contributed by atoms with Gasteiger partial charge in [-0.25, -0.2) is 9.66 Å². The van der Waals surface area contributed by atoms with Crippen molar-refractivity contribution in [1.82, 2.24) is 29.2 Å². The van der Waals surface area contributed by atoms with Crippen LogP contribution in [0.25, 0.3) is 28.1 Å². The lowest BCUT2D eigenvalue weighted by atomic mass is 10.3. The molecule has 102 valence electrons. The number of aromatic nitrogens is 6. The van der Waals surface area contributed by atoms with E-state index in [2.05, 4.69) is 20.1 Å². The molecule has 0 bridgehead atoms. The fraction of sp³-hybridized carbons (Fsp3) is 0. The number of hydrogen-bond donors (Lipinski definition) is 1. The minimum atomic E-state index is -0.331. The molecule has 0 unspecified atom stereocenters. The summed E-state index contributed by atoms with van der Waals surface area (Å²) in [4.78, 5) is 24.5. The maximum atomic E-state index is 12.0. The second-order valence-corrected chi connectivity index (χ2v) is 4.47. The van der Waals surface area contributed by atoms with Gasteiger partial charge in [0.15, 0.2) is 5.82 Å². The molecule has 0 atom stereocenters. The van der Waals surface area contributed by atoms with E-state index in [9.17, 15) is 4.79 Å². The molecule has 21 heavy (non-hydrogen) atoms. The quantitative estimate of drug-likeness (QED) is 0.500. The van der Waals surface area contributed by atoms with Crippen molar-refractivity contribution in [2.45, 2.75) is 0 Å². The lowest BCUT2D eigenvalue weighted by molar-refractivity contribution is 0.931. The third-order valence-electron chi connectivity index (χ3n) is 3.20. The maximum absolute atomic E-state index is 12.0. The monoisotopic (exact) mass is 279 g/mol. The minimum Gasteiger partial charge on any atom is -0.336 e. The Labute approximate surface area is 117 Å². The first-order chi connectivity index (χ1) is 10.2. The highest BCUT2D eigenvalue weighted by Gasteiger charge is 2.11. The Balaban J connectivity index is 2.06. The summed E-state index contributed by atoms with van der Waals surface area (Å²) in [6.45, 7) is 0. The van der Waals surface area contributed by atoms with Crippen LogP contribution < -0.4 is 11.4 Å². The molecule has 0 saturated carbocycles. The fourth-order valence-corrected chi connectivity index (χ4v) is 2.16. The number of nitrogens with two attached hydrogens (primary N) is 1. The number of rotatable bonds is 1. The van der Waals surface area contributed by atoms with Gasteiger partial charge in [0.25, 0.3) is 11.3 Å². The molecule has 8 heteroatoms. The second-order valence-electron chi connectivity index (χ2n) is 4.47. The van der Waals surface area contributed by atoms with Gasteiger partial charge in [0, 0.05) is 30.4 Å². The Morgan fingerprint density at radius 2 is 1.95 bits per heavy atom. The lowest BCUT2D eigenvalue weighted by Crippen LogP contribution is -2.26. The van der Waals surface area contributed by atoms with Crippen LogP contribution >= 0.6 is 0 Å². The summed E-state index contributed by atoms with van der Waals surface area (Å²) in [6, 6.07) is 5.32. The molecule has 4 aromatic heterocycles. The molecule has 0 radical (unpaired) electrons. The summed E-state index contributed by atoms with van der Waals surface area (Å²) in [5.74, 6) is 6.49. The molecular weight excluding hydrogens is 270 g/mol. The largest absolute Gasteiger partial charge is 0.336 e. The van der Waals surface area contributed by atoms with Crippen molar-refractivity contribution in [2.24, 2.45) is 0 Å². The molecule has 0 fully saturated rings. The molecule has 8 nitrogen and oxygen atoms in total. The second kappa shape index (κ2) is 4.10. The molecule has 4 heterocycles.